The molecule has 0 fully saturated rings. The lowest BCUT2D eigenvalue weighted by Gasteiger charge is -2.21. The molecule has 3 rings (SSSR count). The molecule has 0 radical (unpaired) electrons. The van der Waals surface area contributed by atoms with Gasteiger partial charge in [-0.1, -0.05) is 31.2 Å². The Morgan fingerprint density at radius 2 is 2.00 bits per heavy atom. The van der Waals surface area contributed by atoms with Gasteiger partial charge in [-0.15, -0.1) is 12.4 Å². The smallest absolute Gasteiger partial charge is 0.323 e. The van der Waals surface area contributed by atoms with E-state index < -0.39 is 29.4 Å². The molecule has 1 unspecified atom stereocenters. The predicted molar refractivity (Wildman–Crippen MR) is 102 cm³/mol. The van der Waals surface area contributed by atoms with Crippen molar-refractivity contribution in [1.29, 1.82) is 0 Å². The predicted octanol–water partition coefficient (Wildman–Crippen LogP) is 5.04. The highest BCUT2D eigenvalue weighted by Crippen LogP contribution is 2.32. The van der Waals surface area contributed by atoms with Crippen LogP contribution in [0.3, 0.4) is 0 Å². The summed E-state index contributed by atoms with van der Waals surface area (Å²) in [4.78, 5) is 12.7. The van der Waals surface area contributed by atoms with Crippen LogP contribution in [0.15, 0.2) is 36.4 Å². The molecule has 152 valence electrons. The lowest BCUT2D eigenvalue weighted by atomic mass is 9.93. The van der Waals surface area contributed by atoms with Crippen LogP contribution in [0.25, 0.3) is 0 Å². The van der Waals surface area contributed by atoms with E-state index in [1.807, 2.05) is 0 Å². The highest BCUT2D eigenvalue weighted by molar-refractivity contribution is 5.96. The van der Waals surface area contributed by atoms with Crippen LogP contribution in [0.1, 0.15) is 41.5 Å². The second-order valence-corrected chi connectivity index (χ2v) is 6.56. The number of amides is 1. The van der Waals surface area contributed by atoms with E-state index in [0.717, 1.165) is 17.7 Å². The Kier molecular flexibility index (Phi) is 7.06. The molecule has 0 aromatic heterocycles. The van der Waals surface area contributed by atoms with Crippen LogP contribution in [0.5, 0.6) is 0 Å². The average Bonchev–Trinajstić information content (AvgIpc) is 2.64. The molecule has 1 aliphatic heterocycles. The Hall–Kier alpha value is -2.12. The van der Waals surface area contributed by atoms with Gasteiger partial charge in [0, 0.05) is 6.54 Å². The van der Waals surface area contributed by atoms with E-state index >= 15 is 0 Å². The molecular formula is C20H21ClF4N2O. The number of carbonyl (C=O) groups excluding carboxylic acids is 1. The van der Waals surface area contributed by atoms with Gasteiger partial charge >= 0.3 is 6.18 Å². The van der Waals surface area contributed by atoms with Crippen molar-refractivity contribution < 1.29 is 22.4 Å². The average molecular weight is 417 g/mol. The van der Waals surface area contributed by atoms with E-state index in [1.54, 1.807) is 13.0 Å². The molecule has 28 heavy (non-hydrogen) atoms. The van der Waals surface area contributed by atoms with Crippen molar-refractivity contribution >= 4 is 24.0 Å². The molecule has 1 heterocycles. The summed E-state index contributed by atoms with van der Waals surface area (Å²) >= 11 is 0. The zero-order chi connectivity index (χ0) is 19.6. The van der Waals surface area contributed by atoms with Gasteiger partial charge < -0.3 is 10.6 Å². The zero-order valence-electron chi connectivity index (χ0n) is 15.2. The van der Waals surface area contributed by atoms with E-state index in [9.17, 15) is 22.4 Å². The minimum absolute atomic E-state index is 0. The van der Waals surface area contributed by atoms with Gasteiger partial charge in [0.05, 0.1) is 17.2 Å². The van der Waals surface area contributed by atoms with Crippen molar-refractivity contribution in [2.24, 2.45) is 0 Å². The highest BCUT2D eigenvalue weighted by atomic mass is 35.5. The van der Waals surface area contributed by atoms with Crippen LogP contribution in [-0.4, -0.2) is 12.5 Å². The van der Waals surface area contributed by atoms with Crippen LogP contribution < -0.4 is 10.6 Å². The maximum Gasteiger partial charge on any atom is 0.416 e. The van der Waals surface area contributed by atoms with E-state index in [-0.39, 0.29) is 23.7 Å². The Morgan fingerprint density at radius 1 is 1.25 bits per heavy atom. The first-order chi connectivity index (χ1) is 12.8. The molecule has 0 aliphatic carbocycles. The lowest BCUT2D eigenvalue weighted by molar-refractivity contribution is -0.137. The van der Waals surface area contributed by atoms with Gasteiger partial charge in [0.2, 0.25) is 5.91 Å². The third kappa shape index (κ3) is 4.64. The fourth-order valence-corrected chi connectivity index (χ4v) is 3.35. The zero-order valence-corrected chi connectivity index (χ0v) is 16.0. The molecule has 2 N–H and O–H groups in total. The number of alkyl halides is 3. The van der Waals surface area contributed by atoms with Crippen LogP contribution >= 0.6 is 12.4 Å². The molecule has 3 nitrogen and oxygen atoms in total. The number of hydrogen-bond acceptors (Lipinski definition) is 2. The summed E-state index contributed by atoms with van der Waals surface area (Å²) in [5.74, 6) is -1.80. The fraction of sp³-hybridized carbons (Fsp3) is 0.350. The standard InChI is InChI=1S/C20H20F4N2O.ClH/c1-2-15(12-4-3-5-14(10-12)20(22,23)24)19(27)26-17-7-6-13-11-25-9-8-16(13)18(17)21;/h3-7,10,15,25H,2,8-9,11H2,1H3,(H,26,27);1H. The second-order valence-electron chi connectivity index (χ2n) is 6.56. The summed E-state index contributed by atoms with van der Waals surface area (Å²) in [5, 5.41) is 5.70. The molecule has 0 saturated heterocycles. The highest BCUT2D eigenvalue weighted by Gasteiger charge is 2.31. The third-order valence-electron chi connectivity index (χ3n) is 4.81. The first-order valence-corrected chi connectivity index (χ1v) is 8.80. The number of rotatable bonds is 4. The Bertz CT molecular complexity index is 855. The van der Waals surface area contributed by atoms with E-state index in [1.165, 1.54) is 18.2 Å². The minimum Gasteiger partial charge on any atom is -0.323 e. The Morgan fingerprint density at radius 3 is 2.68 bits per heavy atom. The number of anilines is 1. The normalized spacial score (nSPS) is 14.6. The number of hydrogen-bond donors (Lipinski definition) is 2. The summed E-state index contributed by atoms with van der Waals surface area (Å²) in [6.07, 6.45) is -3.66. The number of benzene rings is 2. The van der Waals surface area contributed by atoms with Gasteiger partial charge in [-0.05, 0) is 48.2 Å². The van der Waals surface area contributed by atoms with E-state index in [4.69, 9.17) is 0 Å². The number of carbonyl (C=O) groups is 1. The molecule has 0 bridgehead atoms. The summed E-state index contributed by atoms with van der Waals surface area (Å²) in [5.41, 5.74) is 0.928. The van der Waals surface area contributed by atoms with Crippen LogP contribution in [0.4, 0.5) is 23.2 Å². The SMILES string of the molecule is CCC(C(=O)Nc1ccc2c(c1F)CCNC2)c1cccc(C(F)(F)F)c1.Cl. The summed E-state index contributed by atoms with van der Waals surface area (Å²) in [7, 11) is 0. The minimum atomic E-state index is -4.48. The van der Waals surface area contributed by atoms with Crippen molar-refractivity contribution in [2.75, 3.05) is 11.9 Å². The van der Waals surface area contributed by atoms with E-state index in [2.05, 4.69) is 10.6 Å². The summed E-state index contributed by atoms with van der Waals surface area (Å²) in [6.45, 7) is 2.94. The molecule has 0 spiro atoms. The quantitative estimate of drug-likeness (QED) is 0.685. The van der Waals surface area contributed by atoms with Gasteiger partial charge in [-0.25, -0.2) is 4.39 Å². The van der Waals surface area contributed by atoms with Gasteiger partial charge in [0.15, 0.2) is 0 Å². The van der Waals surface area contributed by atoms with E-state index in [0.29, 0.717) is 31.5 Å². The fourth-order valence-electron chi connectivity index (χ4n) is 3.35. The van der Waals surface area contributed by atoms with Gasteiger partial charge in [-0.3, -0.25) is 4.79 Å². The van der Waals surface area contributed by atoms with Crippen molar-refractivity contribution in [2.45, 2.75) is 38.4 Å². The number of fused-ring (bicyclic) bond motifs is 1. The molecule has 0 saturated carbocycles. The maximum atomic E-state index is 14.7. The molecule has 2 aromatic carbocycles. The molecule has 2 aromatic rings. The molecular weight excluding hydrogens is 396 g/mol. The number of nitrogens with one attached hydrogen (secondary N) is 2. The first kappa shape index (κ1) is 22.2. The van der Waals surface area contributed by atoms with Crippen molar-refractivity contribution in [3.63, 3.8) is 0 Å². The van der Waals surface area contributed by atoms with Crippen molar-refractivity contribution in [3.8, 4) is 0 Å². The monoisotopic (exact) mass is 416 g/mol. The van der Waals surface area contributed by atoms with Crippen LogP contribution in [0, 0.1) is 5.82 Å². The first-order valence-electron chi connectivity index (χ1n) is 8.80. The maximum absolute atomic E-state index is 14.7. The van der Waals surface area contributed by atoms with Crippen molar-refractivity contribution in [3.05, 3.63) is 64.5 Å². The van der Waals surface area contributed by atoms with Gasteiger partial charge in [-0.2, -0.15) is 13.2 Å². The largest absolute Gasteiger partial charge is 0.416 e. The van der Waals surface area contributed by atoms with Gasteiger partial charge in [0.25, 0.3) is 0 Å². The Balaban J connectivity index is 0.00000280. The Labute approximate surface area is 166 Å². The van der Waals surface area contributed by atoms with Crippen LogP contribution in [0.2, 0.25) is 0 Å². The summed E-state index contributed by atoms with van der Waals surface area (Å²) in [6, 6.07) is 7.95. The molecule has 1 atom stereocenters. The lowest BCUT2D eigenvalue weighted by Crippen LogP contribution is -2.26. The molecule has 1 aliphatic rings. The second kappa shape index (κ2) is 8.92. The topological polar surface area (TPSA) is 41.1 Å². The molecule has 1 amide bonds. The van der Waals surface area contributed by atoms with Gasteiger partial charge in [0.1, 0.15) is 5.82 Å². The van der Waals surface area contributed by atoms with Crippen LogP contribution in [-0.2, 0) is 23.9 Å². The number of halogens is 5. The molecule has 8 heteroatoms. The third-order valence-corrected chi connectivity index (χ3v) is 4.81. The van der Waals surface area contributed by atoms with Crippen molar-refractivity contribution in [1.82, 2.24) is 5.32 Å². The summed E-state index contributed by atoms with van der Waals surface area (Å²) < 4.78 is 53.5.